The van der Waals surface area contributed by atoms with Gasteiger partial charge in [0, 0.05) is 13.1 Å². The minimum Gasteiger partial charge on any atom is -0.476 e. The molecule has 0 aliphatic carbocycles. The van der Waals surface area contributed by atoms with Gasteiger partial charge in [-0.15, -0.1) is 0 Å². The highest BCUT2D eigenvalue weighted by Gasteiger charge is 2.10. The number of H-pyrrole nitrogens is 1. The van der Waals surface area contributed by atoms with E-state index >= 15 is 0 Å². The van der Waals surface area contributed by atoms with Gasteiger partial charge in [-0.3, -0.25) is 0 Å². The Kier molecular flexibility index (Phi) is 5.11. The summed E-state index contributed by atoms with van der Waals surface area (Å²) in [7, 11) is 4.09. The predicted octanol–water partition coefficient (Wildman–Crippen LogP) is 1.51. The van der Waals surface area contributed by atoms with Gasteiger partial charge in [-0.1, -0.05) is 6.92 Å². The number of aromatic amines is 1. The highest BCUT2D eigenvalue weighted by molar-refractivity contribution is 5.76. The molecular formula is C13H22N6O. The van der Waals surface area contributed by atoms with Gasteiger partial charge in [0.2, 0.25) is 11.8 Å². The summed E-state index contributed by atoms with van der Waals surface area (Å²) >= 11 is 0. The molecule has 0 saturated heterocycles. The zero-order chi connectivity index (χ0) is 14.4. The second-order valence-corrected chi connectivity index (χ2v) is 4.89. The fraction of sp³-hybridized carbons (Fsp3) is 0.615. The van der Waals surface area contributed by atoms with Gasteiger partial charge in [0.15, 0.2) is 5.65 Å². The average molecular weight is 278 g/mol. The number of rotatable bonds is 8. The summed E-state index contributed by atoms with van der Waals surface area (Å²) in [4.78, 5) is 18.1. The Hall–Kier alpha value is -1.89. The van der Waals surface area contributed by atoms with Crippen LogP contribution in [0.3, 0.4) is 0 Å². The molecule has 20 heavy (non-hydrogen) atoms. The second kappa shape index (κ2) is 7.04. The van der Waals surface area contributed by atoms with E-state index in [0.29, 0.717) is 24.1 Å². The van der Waals surface area contributed by atoms with Crippen LogP contribution in [-0.2, 0) is 0 Å². The fourth-order valence-corrected chi connectivity index (χ4v) is 1.78. The van der Waals surface area contributed by atoms with E-state index in [9.17, 15) is 0 Å². The Morgan fingerprint density at radius 3 is 2.95 bits per heavy atom. The molecule has 0 unspecified atom stereocenters. The van der Waals surface area contributed by atoms with Crippen LogP contribution < -0.4 is 10.1 Å². The molecule has 0 saturated carbocycles. The quantitative estimate of drug-likeness (QED) is 0.713. The van der Waals surface area contributed by atoms with E-state index in [1.54, 1.807) is 6.33 Å². The maximum absolute atomic E-state index is 5.76. The summed E-state index contributed by atoms with van der Waals surface area (Å²) in [5.41, 5.74) is 1.37. The van der Waals surface area contributed by atoms with E-state index in [1.165, 1.54) is 0 Å². The SMILES string of the molecule is CCCNc1nc(OCCCN(C)C)c2[nH]cnc2n1. The van der Waals surface area contributed by atoms with Crippen LogP contribution in [0.2, 0.25) is 0 Å². The molecule has 0 radical (unpaired) electrons. The summed E-state index contributed by atoms with van der Waals surface area (Å²) < 4.78 is 5.76. The first-order chi connectivity index (χ1) is 9.70. The Labute approximate surface area is 118 Å². The van der Waals surface area contributed by atoms with Crippen LogP contribution in [0.4, 0.5) is 5.95 Å². The summed E-state index contributed by atoms with van der Waals surface area (Å²) in [6.07, 6.45) is 3.57. The number of hydrogen-bond acceptors (Lipinski definition) is 6. The number of nitrogens with one attached hydrogen (secondary N) is 2. The van der Waals surface area contributed by atoms with Crippen molar-refractivity contribution in [2.75, 3.05) is 39.1 Å². The largest absolute Gasteiger partial charge is 0.476 e. The van der Waals surface area contributed by atoms with Crippen LogP contribution >= 0.6 is 0 Å². The standard InChI is InChI=1S/C13H22N6O/c1-4-6-14-13-17-11-10(15-9-16-11)12(18-13)20-8-5-7-19(2)3/h9H,4-8H2,1-3H3,(H2,14,15,16,17,18). The third-order valence-electron chi connectivity index (χ3n) is 2.77. The van der Waals surface area contributed by atoms with Gasteiger partial charge >= 0.3 is 0 Å². The molecule has 2 rings (SSSR count). The lowest BCUT2D eigenvalue weighted by Gasteiger charge is -2.11. The summed E-state index contributed by atoms with van der Waals surface area (Å²) in [5, 5.41) is 3.16. The van der Waals surface area contributed by atoms with E-state index in [-0.39, 0.29) is 0 Å². The zero-order valence-electron chi connectivity index (χ0n) is 12.3. The molecule has 0 aromatic carbocycles. The molecule has 2 aromatic heterocycles. The molecule has 0 spiro atoms. The highest BCUT2D eigenvalue weighted by atomic mass is 16.5. The number of ether oxygens (including phenoxy) is 1. The molecule has 2 aromatic rings. The Balaban J connectivity index is 2.07. The molecule has 0 bridgehead atoms. The van der Waals surface area contributed by atoms with Crippen LogP contribution in [0.25, 0.3) is 11.2 Å². The number of hydrogen-bond donors (Lipinski definition) is 2. The van der Waals surface area contributed by atoms with Crippen molar-refractivity contribution in [3.63, 3.8) is 0 Å². The minimum absolute atomic E-state index is 0.560. The van der Waals surface area contributed by atoms with Crippen LogP contribution in [0.5, 0.6) is 5.88 Å². The average Bonchev–Trinajstić information content (AvgIpc) is 2.89. The van der Waals surface area contributed by atoms with Crippen LogP contribution in [0.1, 0.15) is 19.8 Å². The van der Waals surface area contributed by atoms with Crippen molar-refractivity contribution in [3.8, 4) is 5.88 Å². The van der Waals surface area contributed by atoms with E-state index < -0.39 is 0 Å². The normalized spacial score (nSPS) is 11.2. The number of nitrogens with zero attached hydrogens (tertiary/aromatic N) is 4. The van der Waals surface area contributed by atoms with Crippen molar-refractivity contribution in [2.45, 2.75) is 19.8 Å². The van der Waals surface area contributed by atoms with Gasteiger partial charge in [-0.25, -0.2) is 4.98 Å². The highest BCUT2D eigenvalue weighted by Crippen LogP contribution is 2.20. The molecule has 2 N–H and O–H groups in total. The Bertz CT molecular complexity index is 539. The number of imidazole rings is 1. The van der Waals surface area contributed by atoms with Crippen LogP contribution in [-0.4, -0.2) is 58.6 Å². The molecule has 0 aliphatic rings. The van der Waals surface area contributed by atoms with Crippen molar-refractivity contribution in [3.05, 3.63) is 6.33 Å². The third kappa shape index (κ3) is 3.80. The van der Waals surface area contributed by atoms with E-state index in [1.807, 2.05) is 14.1 Å². The van der Waals surface area contributed by atoms with E-state index in [2.05, 4.69) is 37.1 Å². The number of anilines is 1. The van der Waals surface area contributed by atoms with Gasteiger partial charge < -0.3 is 19.9 Å². The molecule has 0 fully saturated rings. The molecule has 7 heteroatoms. The summed E-state index contributed by atoms with van der Waals surface area (Å²) in [6, 6.07) is 0. The summed E-state index contributed by atoms with van der Waals surface area (Å²) in [5.74, 6) is 1.12. The van der Waals surface area contributed by atoms with Crippen molar-refractivity contribution in [2.24, 2.45) is 0 Å². The maximum atomic E-state index is 5.76. The fourth-order valence-electron chi connectivity index (χ4n) is 1.78. The predicted molar refractivity (Wildman–Crippen MR) is 79.1 cm³/mol. The van der Waals surface area contributed by atoms with Crippen molar-refractivity contribution in [1.29, 1.82) is 0 Å². The van der Waals surface area contributed by atoms with Crippen molar-refractivity contribution < 1.29 is 4.74 Å². The van der Waals surface area contributed by atoms with Gasteiger partial charge in [0.25, 0.3) is 0 Å². The molecule has 0 amide bonds. The number of fused-ring (bicyclic) bond motifs is 1. The second-order valence-electron chi connectivity index (χ2n) is 4.89. The first-order valence-electron chi connectivity index (χ1n) is 6.93. The number of aromatic nitrogens is 4. The minimum atomic E-state index is 0.560. The smallest absolute Gasteiger partial charge is 0.245 e. The molecule has 0 aliphatic heterocycles. The van der Waals surface area contributed by atoms with Crippen LogP contribution in [0.15, 0.2) is 6.33 Å². The van der Waals surface area contributed by atoms with Crippen LogP contribution in [0, 0.1) is 0 Å². The van der Waals surface area contributed by atoms with Crippen molar-refractivity contribution >= 4 is 17.1 Å². The first-order valence-corrected chi connectivity index (χ1v) is 6.93. The summed E-state index contributed by atoms with van der Waals surface area (Å²) in [6.45, 7) is 4.53. The maximum Gasteiger partial charge on any atom is 0.245 e. The third-order valence-corrected chi connectivity index (χ3v) is 2.77. The van der Waals surface area contributed by atoms with Gasteiger partial charge in [0.05, 0.1) is 12.9 Å². The van der Waals surface area contributed by atoms with Gasteiger partial charge in [-0.2, -0.15) is 9.97 Å². The molecular weight excluding hydrogens is 256 g/mol. The Morgan fingerprint density at radius 2 is 2.20 bits per heavy atom. The van der Waals surface area contributed by atoms with E-state index in [4.69, 9.17) is 4.74 Å². The Morgan fingerprint density at radius 1 is 1.35 bits per heavy atom. The van der Waals surface area contributed by atoms with Gasteiger partial charge in [-0.05, 0) is 26.9 Å². The lowest BCUT2D eigenvalue weighted by Crippen LogP contribution is -2.16. The molecule has 7 nitrogen and oxygen atoms in total. The molecule has 0 atom stereocenters. The monoisotopic (exact) mass is 278 g/mol. The molecule has 2 heterocycles. The van der Waals surface area contributed by atoms with Crippen molar-refractivity contribution in [1.82, 2.24) is 24.8 Å². The lowest BCUT2D eigenvalue weighted by atomic mass is 10.4. The zero-order valence-corrected chi connectivity index (χ0v) is 12.3. The topological polar surface area (TPSA) is 79.0 Å². The van der Waals surface area contributed by atoms with Gasteiger partial charge in [0.1, 0.15) is 5.52 Å². The lowest BCUT2D eigenvalue weighted by molar-refractivity contribution is 0.275. The molecule has 110 valence electrons. The van der Waals surface area contributed by atoms with E-state index in [0.717, 1.165) is 31.4 Å². The first kappa shape index (κ1) is 14.5.